The molecule has 168 valence electrons. The van der Waals surface area contributed by atoms with Crippen molar-refractivity contribution in [1.82, 2.24) is 29.3 Å². The highest BCUT2D eigenvalue weighted by atomic mass is 19.1. The van der Waals surface area contributed by atoms with Gasteiger partial charge < -0.3 is 9.30 Å². The van der Waals surface area contributed by atoms with E-state index in [-0.39, 0.29) is 5.92 Å². The van der Waals surface area contributed by atoms with E-state index < -0.39 is 11.6 Å². The Kier molecular flexibility index (Phi) is 5.45. The second kappa shape index (κ2) is 8.57. The normalized spacial score (nSPS) is 15.7. The van der Waals surface area contributed by atoms with Gasteiger partial charge in [-0.05, 0) is 61.7 Å². The summed E-state index contributed by atoms with van der Waals surface area (Å²) in [6.45, 7) is 2.63. The fourth-order valence-electron chi connectivity index (χ4n) is 4.13. The molecule has 0 amide bonds. The molecule has 33 heavy (non-hydrogen) atoms. The third-order valence-corrected chi connectivity index (χ3v) is 5.63. The zero-order chi connectivity index (χ0) is 22.9. The van der Waals surface area contributed by atoms with Crippen molar-refractivity contribution in [2.45, 2.75) is 32.2 Å². The number of nitrogens with zero attached hydrogens (tertiary/aromatic N) is 6. The highest BCUT2D eigenvalue weighted by Gasteiger charge is 2.26. The van der Waals surface area contributed by atoms with Gasteiger partial charge in [-0.3, -0.25) is 0 Å². The van der Waals surface area contributed by atoms with Crippen LogP contribution in [-0.2, 0) is 6.54 Å². The molecule has 9 heteroatoms. The Morgan fingerprint density at radius 2 is 1.91 bits per heavy atom. The first-order valence-electron chi connectivity index (χ1n) is 10.6. The monoisotopic (exact) mass is 448 g/mol. The SMILES string of the molecule is COc1nc(/C=C/c2nc3n(n2)CCC[C@H]3c2cc(F)cc(F)c2)ccc1-n1cnc(C)c1. The number of ether oxygens (including phenoxy) is 1. The van der Waals surface area contributed by atoms with Gasteiger partial charge in [0.1, 0.15) is 23.1 Å². The molecule has 0 spiro atoms. The number of imidazole rings is 1. The van der Waals surface area contributed by atoms with Crippen molar-refractivity contribution in [2.75, 3.05) is 7.11 Å². The average Bonchev–Trinajstić information content (AvgIpc) is 3.42. The van der Waals surface area contributed by atoms with Crippen LogP contribution in [0.5, 0.6) is 5.88 Å². The molecule has 1 aromatic carbocycles. The summed E-state index contributed by atoms with van der Waals surface area (Å²) in [6.07, 6.45) is 8.82. The molecule has 0 N–H and O–H groups in total. The summed E-state index contributed by atoms with van der Waals surface area (Å²) in [5, 5.41) is 4.56. The molecule has 4 aromatic rings. The molecule has 3 aromatic heterocycles. The predicted octanol–water partition coefficient (Wildman–Crippen LogP) is 4.55. The molecule has 0 fully saturated rings. The molecule has 4 heterocycles. The lowest BCUT2D eigenvalue weighted by Gasteiger charge is -2.22. The fraction of sp³-hybridized carbons (Fsp3) is 0.250. The van der Waals surface area contributed by atoms with E-state index in [4.69, 9.17) is 4.74 Å². The van der Waals surface area contributed by atoms with E-state index in [1.807, 2.05) is 40.6 Å². The average molecular weight is 448 g/mol. The van der Waals surface area contributed by atoms with Gasteiger partial charge in [0.25, 0.3) is 0 Å². The van der Waals surface area contributed by atoms with Crippen molar-refractivity contribution in [2.24, 2.45) is 0 Å². The Hall–Kier alpha value is -3.88. The Balaban J connectivity index is 1.41. The molecular formula is C24H22F2N6O. The first-order chi connectivity index (χ1) is 16.0. The van der Waals surface area contributed by atoms with Gasteiger partial charge in [-0.15, -0.1) is 0 Å². The number of benzene rings is 1. The lowest BCUT2D eigenvalue weighted by molar-refractivity contribution is 0.395. The lowest BCUT2D eigenvalue weighted by Crippen LogP contribution is -2.18. The van der Waals surface area contributed by atoms with E-state index in [2.05, 4.69) is 20.1 Å². The van der Waals surface area contributed by atoms with E-state index in [9.17, 15) is 8.78 Å². The number of aromatic nitrogens is 6. The molecule has 0 unspecified atom stereocenters. The maximum Gasteiger partial charge on any atom is 0.238 e. The molecular weight excluding hydrogens is 426 g/mol. The number of methoxy groups -OCH3 is 1. The Morgan fingerprint density at radius 3 is 2.64 bits per heavy atom. The number of halogens is 2. The number of rotatable bonds is 5. The van der Waals surface area contributed by atoms with E-state index in [0.717, 1.165) is 36.8 Å². The van der Waals surface area contributed by atoms with Crippen LogP contribution in [-0.4, -0.2) is 36.4 Å². The van der Waals surface area contributed by atoms with Crippen LogP contribution in [0.15, 0.2) is 42.9 Å². The van der Waals surface area contributed by atoms with E-state index >= 15 is 0 Å². The Labute approximate surface area is 189 Å². The van der Waals surface area contributed by atoms with Gasteiger partial charge in [0.05, 0.1) is 24.8 Å². The highest BCUT2D eigenvalue weighted by Crippen LogP contribution is 2.33. The number of fused-ring (bicyclic) bond motifs is 1. The molecule has 7 nitrogen and oxygen atoms in total. The molecule has 1 aliphatic heterocycles. The van der Waals surface area contributed by atoms with Crippen LogP contribution >= 0.6 is 0 Å². The Morgan fingerprint density at radius 1 is 1.09 bits per heavy atom. The van der Waals surface area contributed by atoms with Crippen LogP contribution in [0.25, 0.3) is 17.8 Å². The van der Waals surface area contributed by atoms with Gasteiger partial charge in [-0.2, -0.15) is 5.10 Å². The quantitative estimate of drug-likeness (QED) is 0.448. The van der Waals surface area contributed by atoms with E-state index in [0.29, 0.717) is 28.8 Å². The van der Waals surface area contributed by atoms with Gasteiger partial charge in [0.15, 0.2) is 5.82 Å². The standard InChI is InChI=1S/C24H22F2N6O/c1-15-13-31(14-27-15)21-7-5-19(28-24(21)33-2)6-8-22-29-23-20(4-3-9-32(23)30-22)16-10-17(25)12-18(26)11-16/h5-8,10-14,20H,3-4,9H2,1-2H3/b8-6+/t20-/m0/s1. The second-order valence-corrected chi connectivity index (χ2v) is 7.97. The van der Waals surface area contributed by atoms with E-state index in [1.54, 1.807) is 19.5 Å². The summed E-state index contributed by atoms with van der Waals surface area (Å²) in [5.74, 6) is 0.327. The molecule has 0 aliphatic carbocycles. The lowest BCUT2D eigenvalue weighted by atomic mass is 9.91. The smallest absolute Gasteiger partial charge is 0.238 e. The maximum atomic E-state index is 13.8. The van der Waals surface area contributed by atoms with Crippen molar-refractivity contribution in [3.05, 3.63) is 83.1 Å². The topological polar surface area (TPSA) is 70.7 Å². The van der Waals surface area contributed by atoms with Crippen LogP contribution in [0.2, 0.25) is 0 Å². The summed E-state index contributed by atoms with van der Waals surface area (Å²) in [4.78, 5) is 13.4. The van der Waals surface area contributed by atoms with Gasteiger partial charge >= 0.3 is 0 Å². The van der Waals surface area contributed by atoms with Crippen molar-refractivity contribution >= 4 is 12.2 Å². The number of pyridine rings is 1. The third kappa shape index (κ3) is 4.26. The summed E-state index contributed by atoms with van der Waals surface area (Å²) >= 11 is 0. The van der Waals surface area contributed by atoms with Gasteiger partial charge in [-0.1, -0.05) is 0 Å². The van der Waals surface area contributed by atoms with Crippen molar-refractivity contribution in [3.8, 4) is 11.6 Å². The molecule has 0 bridgehead atoms. The second-order valence-electron chi connectivity index (χ2n) is 7.97. The minimum absolute atomic E-state index is 0.199. The van der Waals surface area contributed by atoms with Crippen LogP contribution in [0, 0.1) is 18.6 Å². The first kappa shape index (κ1) is 21.0. The maximum absolute atomic E-state index is 13.8. The molecule has 0 saturated heterocycles. The number of hydrogen-bond donors (Lipinski definition) is 0. The number of hydrogen-bond acceptors (Lipinski definition) is 5. The Bertz CT molecular complexity index is 1320. The molecule has 0 radical (unpaired) electrons. The molecule has 1 atom stereocenters. The van der Waals surface area contributed by atoms with Crippen LogP contribution in [0.4, 0.5) is 8.78 Å². The molecule has 5 rings (SSSR count). The van der Waals surface area contributed by atoms with Crippen LogP contribution in [0.3, 0.4) is 0 Å². The van der Waals surface area contributed by atoms with Crippen molar-refractivity contribution in [1.29, 1.82) is 0 Å². The third-order valence-electron chi connectivity index (χ3n) is 5.63. The summed E-state index contributed by atoms with van der Waals surface area (Å²) in [6, 6.07) is 7.40. The largest absolute Gasteiger partial charge is 0.479 e. The molecule has 0 saturated carbocycles. The van der Waals surface area contributed by atoms with Crippen molar-refractivity contribution < 1.29 is 13.5 Å². The summed E-state index contributed by atoms with van der Waals surface area (Å²) in [5.41, 5.74) is 2.95. The van der Waals surface area contributed by atoms with Gasteiger partial charge in [0, 0.05) is 24.7 Å². The van der Waals surface area contributed by atoms with Gasteiger partial charge in [-0.25, -0.2) is 28.4 Å². The van der Waals surface area contributed by atoms with Crippen molar-refractivity contribution in [3.63, 3.8) is 0 Å². The fourth-order valence-corrected chi connectivity index (χ4v) is 4.13. The predicted molar refractivity (Wildman–Crippen MR) is 119 cm³/mol. The van der Waals surface area contributed by atoms with Crippen LogP contribution < -0.4 is 4.74 Å². The number of aryl methyl sites for hydroxylation is 2. The van der Waals surface area contributed by atoms with E-state index in [1.165, 1.54) is 12.1 Å². The van der Waals surface area contributed by atoms with Crippen LogP contribution in [0.1, 0.15) is 47.4 Å². The summed E-state index contributed by atoms with van der Waals surface area (Å²) < 4.78 is 36.6. The zero-order valence-corrected chi connectivity index (χ0v) is 18.2. The van der Waals surface area contributed by atoms with Gasteiger partial charge in [0.2, 0.25) is 5.88 Å². The first-order valence-corrected chi connectivity index (χ1v) is 10.6. The molecule has 1 aliphatic rings. The zero-order valence-electron chi connectivity index (χ0n) is 18.2. The minimum atomic E-state index is -0.587. The minimum Gasteiger partial charge on any atom is -0.479 e. The highest BCUT2D eigenvalue weighted by molar-refractivity contribution is 5.65. The summed E-state index contributed by atoms with van der Waals surface area (Å²) in [7, 11) is 1.57.